The number of fused-ring (bicyclic) bond motifs is 1. The van der Waals surface area contributed by atoms with Crippen LogP contribution in [-0.2, 0) is 24.1 Å². The smallest absolute Gasteiger partial charge is 0.220 e. The fourth-order valence-electron chi connectivity index (χ4n) is 4.65. The summed E-state index contributed by atoms with van der Waals surface area (Å²) in [5, 5.41) is 3.25. The summed E-state index contributed by atoms with van der Waals surface area (Å²) in [6.45, 7) is 2.10. The summed E-state index contributed by atoms with van der Waals surface area (Å²) in [5.74, 6) is -0.0719. The first-order chi connectivity index (χ1) is 13.7. The molecule has 0 bridgehead atoms. The van der Waals surface area contributed by atoms with Crippen LogP contribution in [0.3, 0.4) is 0 Å². The van der Waals surface area contributed by atoms with Crippen molar-refractivity contribution >= 4 is 5.91 Å². The molecule has 1 saturated heterocycles. The highest BCUT2D eigenvalue weighted by atomic mass is 19.1. The van der Waals surface area contributed by atoms with Gasteiger partial charge in [-0.2, -0.15) is 0 Å². The minimum Gasteiger partial charge on any atom is -0.352 e. The van der Waals surface area contributed by atoms with Gasteiger partial charge in [0.15, 0.2) is 0 Å². The highest BCUT2D eigenvalue weighted by Crippen LogP contribution is 2.27. The van der Waals surface area contributed by atoms with Crippen molar-refractivity contribution in [3.8, 4) is 0 Å². The van der Waals surface area contributed by atoms with E-state index < -0.39 is 0 Å². The molecule has 1 unspecified atom stereocenters. The molecule has 1 N–H and O–H groups in total. The summed E-state index contributed by atoms with van der Waals surface area (Å²) in [5.41, 5.74) is 4.05. The number of nitrogens with one attached hydrogen (secondary N) is 1. The van der Waals surface area contributed by atoms with E-state index in [1.165, 1.54) is 23.3 Å². The van der Waals surface area contributed by atoms with Gasteiger partial charge in [-0.05, 0) is 73.9 Å². The number of nitrogens with zero attached hydrogens (tertiary/aromatic N) is 1. The lowest BCUT2D eigenvalue weighted by Crippen LogP contribution is -2.51. The summed E-state index contributed by atoms with van der Waals surface area (Å²) in [4.78, 5) is 14.9. The molecule has 4 rings (SSSR count). The van der Waals surface area contributed by atoms with Crippen molar-refractivity contribution in [2.75, 3.05) is 13.1 Å². The number of rotatable bonds is 6. The van der Waals surface area contributed by atoms with Crippen LogP contribution >= 0.6 is 0 Å². The minimum absolute atomic E-state index is 0.142. The number of likely N-dealkylation sites (tertiary alicyclic amines) is 1. The SMILES string of the molecule is O=C(CCCc1ccc(F)cc1)NC1CCCN(C2Cc3ccccc3C2)C1. The van der Waals surface area contributed by atoms with Crippen molar-refractivity contribution in [1.29, 1.82) is 0 Å². The van der Waals surface area contributed by atoms with Crippen LogP contribution in [0.1, 0.15) is 42.4 Å². The number of hydrogen-bond acceptors (Lipinski definition) is 2. The summed E-state index contributed by atoms with van der Waals surface area (Å²) < 4.78 is 13.0. The van der Waals surface area contributed by atoms with E-state index in [0.29, 0.717) is 12.5 Å². The predicted octanol–water partition coefficient (Wildman–Crippen LogP) is 3.90. The molecule has 0 spiro atoms. The summed E-state index contributed by atoms with van der Waals surface area (Å²) in [7, 11) is 0. The fraction of sp³-hybridized carbons (Fsp3) is 0.458. The Bertz CT molecular complexity index is 780. The Labute approximate surface area is 166 Å². The van der Waals surface area contributed by atoms with Gasteiger partial charge < -0.3 is 5.32 Å². The van der Waals surface area contributed by atoms with Gasteiger partial charge in [-0.3, -0.25) is 9.69 Å². The maximum Gasteiger partial charge on any atom is 0.220 e. The van der Waals surface area contributed by atoms with Crippen LogP contribution in [0.5, 0.6) is 0 Å². The minimum atomic E-state index is -0.214. The second-order valence-electron chi connectivity index (χ2n) is 8.21. The Morgan fingerprint density at radius 3 is 2.50 bits per heavy atom. The maximum atomic E-state index is 13.0. The second-order valence-corrected chi connectivity index (χ2v) is 8.21. The first-order valence-electron chi connectivity index (χ1n) is 10.5. The molecule has 1 fully saturated rings. The van der Waals surface area contributed by atoms with E-state index >= 15 is 0 Å². The van der Waals surface area contributed by atoms with Gasteiger partial charge in [-0.15, -0.1) is 0 Å². The average molecular weight is 381 g/mol. The maximum absolute atomic E-state index is 13.0. The zero-order valence-electron chi connectivity index (χ0n) is 16.4. The van der Waals surface area contributed by atoms with Crippen LogP contribution in [0.4, 0.5) is 4.39 Å². The molecule has 1 aliphatic carbocycles. The number of carbonyl (C=O) groups excluding carboxylic acids is 1. The largest absolute Gasteiger partial charge is 0.352 e. The molecule has 2 aromatic carbocycles. The van der Waals surface area contributed by atoms with Crippen LogP contribution in [0.25, 0.3) is 0 Å². The molecule has 0 radical (unpaired) electrons. The van der Waals surface area contributed by atoms with E-state index in [-0.39, 0.29) is 17.8 Å². The van der Waals surface area contributed by atoms with Crippen LogP contribution in [0, 0.1) is 5.82 Å². The standard InChI is InChI=1S/C24H29FN2O/c25-21-12-10-18(11-13-21)5-3-9-24(28)26-22-8-4-14-27(17-22)23-15-19-6-1-2-7-20(19)16-23/h1-2,6-7,10-13,22-23H,3-5,8-9,14-17H2,(H,26,28). The Morgan fingerprint density at radius 1 is 1.07 bits per heavy atom. The molecule has 1 aliphatic heterocycles. The monoisotopic (exact) mass is 380 g/mol. The Kier molecular flexibility index (Phi) is 6.06. The van der Waals surface area contributed by atoms with Crippen molar-refractivity contribution in [2.45, 2.75) is 57.0 Å². The third-order valence-electron chi connectivity index (χ3n) is 6.15. The number of halogens is 1. The van der Waals surface area contributed by atoms with E-state index in [4.69, 9.17) is 0 Å². The predicted molar refractivity (Wildman–Crippen MR) is 110 cm³/mol. The normalized spacial score (nSPS) is 20.1. The molecule has 0 aromatic heterocycles. The molecule has 4 heteroatoms. The highest BCUT2D eigenvalue weighted by molar-refractivity contribution is 5.76. The molecule has 3 nitrogen and oxygen atoms in total. The van der Waals surface area contributed by atoms with Crippen molar-refractivity contribution in [2.24, 2.45) is 0 Å². The zero-order chi connectivity index (χ0) is 19.3. The van der Waals surface area contributed by atoms with E-state index in [1.807, 2.05) is 0 Å². The van der Waals surface area contributed by atoms with Gasteiger partial charge in [0.05, 0.1) is 0 Å². The lowest BCUT2D eigenvalue weighted by atomic mass is 10.0. The molecule has 2 aliphatic rings. The number of carbonyl (C=O) groups is 1. The number of aryl methyl sites for hydroxylation is 1. The summed E-state index contributed by atoms with van der Waals surface area (Å²) >= 11 is 0. The van der Waals surface area contributed by atoms with Crippen molar-refractivity contribution in [3.05, 3.63) is 71.0 Å². The van der Waals surface area contributed by atoms with Crippen molar-refractivity contribution in [3.63, 3.8) is 0 Å². The van der Waals surface area contributed by atoms with Crippen LogP contribution in [0.2, 0.25) is 0 Å². The fourth-order valence-corrected chi connectivity index (χ4v) is 4.65. The summed E-state index contributed by atoms with van der Waals surface area (Å²) in [6.07, 6.45) is 6.62. The van der Waals surface area contributed by atoms with Crippen molar-refractivity contribution < 1.29 is 9.18 Å². The molecular formula is C24H29FN2O. The third kappa shape index (κ3) is 4.79. The van der Waals surface area contributed by atoms with Gasteiger partial charge in [0, 0.05) is 25.0 Å². The van der Waals surface area contributed by atoms with E-state index in [9.17, 15) is 9.18 Å². The number of piperidine rings is 1. The molecule has 28 heavy (non-hydrogen) atoms. The summed E-state index contributed by atoms with van der Waals surface area (Å²) in [6, 6.07) is 16.2. The highest BCUT2D eigenvalue weighted by Gasteiger charge is 2.30. The van der Waals surface area contributed by atoms with Crippen LogP contribution in [-0.4, -0.2) is 36.0 Å². The first kappa shape index (κ1) is 19.1. The van der Waals surface area contributed by atoms with Crippen LogP contribution in [0.15, 0.2) is 48.5 Å². The lowest BCUT2D eigenvalue weighted by Gasteiger charge is -2.37. The van der Waals surface area contributed by atoms with Crippen LogP contribution < -0.4 is 5.32 Å². The van der Waals surface area contributed by atoms with Gasteiger partial charge in [-0.1, -0.05) is 36.4 Å². The van der Waals surface area contributed by atoms with Gasteiger partial charge >= 0.3 is 0 Å². The van der Waals surface area contributed by atoms with E-state index in [0.717, 1.165) is 57.2 Å². The second kappa shape index (κ2) is 8.87. The Morgan fingerprint density at radius 2 is 1.79 bits per heavy atom. The van der Waals surface area contributed by atoms with Crippen molar-refractivity contribution in [1.82, 2.24) is 10.2 Å². The molecule has 1 heterocycles. The molecule has 1 amide bonds. The van der Waals surface area contributed by atoms with Gasteiger partial charge in [-0.25, -0.2) is 4.39 Å². The topological polar surface area (TPSA) is 32.3 Å². The van der Waals surface area contributed by atoms with Gasteiger partial charge in [0.1, 0.15) is 5.82 Å². The lowest BCUT2D eigenvalue weighted by molar-refractivity contribution is -0.122. The van der Waals surface area contributed by atoms with E-state index in [2.05, 4.69) is 34.5 Å². The average Bonchev–Trinajstić information content (AvgIpc) is 3.14. The zero-order valence-corrected chi connectivity index (χ0v) is 16.4. The Hall–Kier alpha value is -2.20. The molecular weight excluding hydrogens is 351 g/mol. The quantitative estimate of drug-likeness (QED) is 0.824. The van der Waals surface area contributed by atoms with E-state index in [1.54, 1.807) is 12.1 Å². The Balaban J connectivity index is 1.21. The first-order valence-corrected chi connectivity index (χ1v) is 10.5. The number of amides is 1. The number of benzene rings is 2. The molecule has 2 aromatic rings. The number of hydrogen-bond donors (Lipinski definition) is 1. The van der Waals surface area contributed by atoms with Gasteiger partial charge in [0.2, 0.25) is 5.91 Å². The molecule has 1 atom stereocenters. The molecule has 148 valence electrons. The van der Waals surface area contributed by atoms with Gasteiger partial charge in [0.25, 0.3) is 0 Å². The molecule has 0 saturated carbocycles. The third-order valence-corrected chi connectivity index (χ3v) is 6.15.